The summed E-state index contributed by atoms with van der Waals surface area (Å²) in [6.07, 6.45) is 0. The second kappa shape index (κ2) is 9.47. The molecular formula is C23H21FN2O5S. The van der Waals surface area contributed by atoms with Crippen molar-refractivity contribution in [2.24, 2.45) is 0 Å². The van der Waals surface area contributed by atoms with Crippen LogP contribution in [-0.2, 0) is 14.8 Å². The number of sulfonamides is 1. The van der Waals surface area contributed by atoms with Crippen LogP contribution in [-0.4, -0.2) is 44.9 Å². The lowest BCUT2D eigenvalue weighted by Gasteiger charge is -2.26. The van der Waals surface area contributed by atoms with E-state index < -0.39 is 26.6 Å². The van der Waals surface area contributed by atoms with Gasteiger partial charge in [-0.15, -0.1) is 0 Å². The molecule has 0 spiro atoms. The first kappa shape index (κ1) is 21.9. The molecule has 0 aromatic heterocycles. The molecule has 1 saturated heterocycles. The highest BCUT2D eigenvalue weighted by atomic mass is 32.2. The number of para-hydroxylation sites is 2. The quantitative estimate of drug-likeness (QED) is 0.608. The summed E-state index contributed by atoms with van der Waals surface area (Å²) in [4.78, 5) is 12.4. The van der Waals surface area contributed by atoms with Gasteiger partial charge in [0, 0.05) is 18.8 Å². The van der Waals surface area contributed by atoms with E-state index >= 15 is 0 Å². The Morgan fingerprint density at radius 2 is 1.66 bits per heavy atom. The monoisotopic (exact) mass is 456 g/mol. The zero-order chi connectivity index (χ0) is 22.6. The SMILES string of the molecule is O=C(Nc1ccc(F)c(S(=O)(=O)N2CCOCC2)c1)c1ccccc1Oc1ccccc1. The van der Waals surface area contributed by atoms with Gasteiger partial charge in [0.1, 0.15) is 22.2 Å². The van der Waals surface area contributed by atoms with E-state index in [1.54, 1.807) is 36.4 Å². The summed E-state index contributed by atoms with van der Waals surface area (Å²) in [6.45, 7) is 0.774. The third-order valence-electron chi connectivity index (χ3n) is 4.88. The highest BCUT2D eigenvalue weighted by Crippen LogP contribution is 2.27. The molecule has 166 valence electrons. The number of amides is 1. The predicted octanol–water partition coefficient (Wildman–Crippen LogP) is 3.89. The van der Waals surface area contributed by atoms with Gasteiger partial charge in [-0.2, -0.15) is 4.31 Å². The third kappa shape index (κ3) is 4.80. The molecule has 1 aliphatic heterocycles. The predicted molar refractivity (Wildman–Crippen MR) is 117 cm³/mol. The van der Waals surface area contributed by atoms with Crippen molar-refractivity contribution in [2.75, 3.05) is 31.6 Å². The average molecular weight is 456 g/mol. The minimum absolute atomic E-state index is 0.141. The number of nitrogens with zero attached hydrogens (tertiary/aromatic N) is 1. The van der Waals surface area contributed by atoms with Gasteiger partial charge < -0.3 is 14.8 Å². The Kier molecular flexibility index (Phi) is 6.50. The molecule has 0 atom stereocenters. The van der Waals surface area contributed by atoms with Gasteiger partial charge in [-0.3, -0.25) is 4.79 Å². The van der Waals surface area contributed by atoms with Gasteiger partial charge >= 0.3 is 0 Å². The highest BCUT2D eigenvalue weighted by Gasteiger charge is 2.29. The molecule has 9 heteroatoms. The fraction of sp³-hybridized carbons (Fsp3) is 0.174. The molecule has 32 heavy (non-hydrogen) atoms. The maximum atomic E-state index is 14.4. The number of hydrogen-bond acceptors (Lipinski definition) is 5. The molecule has 1 amide bonds. The normalized spacial score (nSPS) is 14.7. The van der Waals surface area contributed by atoms with Gasteiger partial charge in [-0.05, 0) is 42.5 Å². The molecule has 0 aliphatic carbocycles. The van der Waals surface area contributed by atoms with Crippen molar-refractivity contribution in [3.05, 3.63) is 84.2 Å². The van der Waals surface area contributed by atoms with Gasteiger partial charge in [0.2, 0.25) is 10.0 Å². The Hall–Kier alpha value is -3.27. The number of rotatable bonds is 6. The Balaban J connectivity index is 1.58. The topological polar surface area (TPSA) is 84.9 Å². The Morgan fingerprint density at radius 1 is 0.969 bits per heavy atom. The zero-order valence-electron chi connectivity index (χ0n) is 17.0. The number of ether oxygens (including phenoxy) is 2. The summed E-state index contributed by atoms with van der Waals surface area (Å²) >= 11 is 0. The van der Waals surface area contributed by atoms with E-state index in [2.05, 4.69) is 5.32 Å². The number of benzene rings is 3. The van der Waals surface area contributed by atoms with Gasteiger partial charge in [0.05, 0.1) is 18.8 Å². The summed E-state index contributed by atoms with van der Waals surface area (Å²) in [5, 5.41) is 2.63. The molecule has 1 fully saturated rings. The summed E-state index contributed by atoms with van der Waals surface area (Å²) < 4.78 is 52.3. The molecule has 0 saturated carbocycles. The zero-order valence-corrected chi connectivity index (χ0v) is 17.8. The van der Waals surface area contributed by atoms with Crippen molar-refractivity contribution < 1.29 is 27.1 Å². The molecule has 4 rings (SSSR count). The van der Waals surface area contributed by atoms with E-state index in [0.717, 1.165) is 12.1 Å². The van der Waals surface area contributed by atoms with E-state index in [1.165, 1.54) is 10.4 Å². The van der Waals surface area contributed by atoms with Crippen molar-refractivity contribution in [1.29, 1.82) is 0 Å². The number of nitrogens with one attached hydrogen (secondary N) is 1. The smallest absolute Gasteiger partial charge is 0.259 e. The Labute approximate surface area is 185 Å². The number of halogens is 1. The third-order valence-corrected chi connectivity index (χ3v) is 6.79. The molecule has 1 heterocycles. The minimum atomic E-state index is -4.06. The molecule has 1 aliphatic rings. The maximum Gasteiger partial charge on any atom is 0.259 e. The first-order valence-corrected chi connectivity index (χ1v) is 11.4. The van der Waals surface area contributed by atoms with Crippen LogP contribution in [0.2, 0.25) is 0 Å². The summed E-state index contributed by atoms with van der Waals surface area (Å²) in [5.74, 6) is -0.506. The number of carbonyl (C=O) groups excluding carboxylic acids is 1. The van der Waals surface area contributed by atoms with E-state index in [0.29, 0.717) is 11.5 Å². The van der Waals surface area contributed by atoms with E-state index in [-0.39, 0.29) is 37.6 Å². The van der Waals surface area contributed by atoms with Crippen LogP contribution in [0.1, 0.15) is 10.4 Å². The Morgan fingerprint density at radius 3 is 2.41 bits per heavy atom. The molecular weight excluding hydrogens is 435 g/mol. The van der Waals surface area contributed by atoms with Crippen molar-refractivity contribution in [3.63, 3.8) is 0 Å². The number of anilines is 1. The number of hydrogen-bond donors (Lipinski definition) is 1. The van der Waals surface area contributed by atoms with Crippen LogP contribution >= 0.6 is 0 Å². The van der Waals surface area contributed by atoms with E-state index in [1.807, 2.05) is 18.2 Å². The van der Waals surface area contributed by atoms with Gasteiger partial charge in [-0.25, -0.2) is 12.8 Å². The van der Waals surface area contributed by atoms with Crippen LogP contribution in [0, 0.1) is 5.82 Å². The van der Waals surface area contributed by atoms with Crippen molar-refractivity contribution >= 4 is 21.6 Å². The average Bonchev–Trinajstić information content (AvgIpc) is 2.82. The standard InChI is InChI=1S/C23H21FN2O5S/c24-20-11-10-17(16-22(20)32(28,29)26-12-14-30-15-13-26)25-23(27)19-8-4-5-9-21(19)31-18-6-2-1-3-7-18/h1-11,16H,12-15H2,(H,25,27). The fourth-order valence-corrected chi connectivity index (χ4v) is 4.76. The van der Waals surface area contributed by atoms with Gasteiger partial charge in [0.15, 0.2) is 0 Å². The minimum Gasteiger partial charge on any atom is -0.457 e. The lowest BCUT2D eigenvalue weighted by Crippen LogP contribution is -2.40. The molecule has 3 aromatic rings. The fourth-order valence-electron chi connectivity index (χ4n) is 3.26. The first-order valence-electron chi connectivity index (χ1n) is 9.96. The van der Waals surface area contributed by atoms with Crippen molar-refractivity contribution in [1.82, 2.24) is 4.31 Å². The molecule has 0 bridgehead atoms. The van der Waals surface area contributed by atoms with Crippen LogP contribution in [0.15, 0.2) is 77.7 Å². The Bertz CT molecular complexity index is 1210. The van der Waals surface area contributed by atoms with E-state index in [9.17, 15) is 17.6 Å². The van der Waals surface area contributed by atoms with Crippen LogP contribution in [0.4, 0.5) is 10.1 Å². The molecule has 0 unspecified atom stereocenters. The summed E-state index contributed by atoms with van der Waals surface area (Å²) in [7, 11) is -4.06. The van der Waals surface area contributed by atoms with Crippen LogP contribution in [0.5, 0.6) is 11.5 Å². The molecule has 7 nitrogen and oxygen atoms in total. The maximum absolute atomic E-state index is 14.4. The molecule has 1 N–H and O–H groups in total. The number of morpholine rings is 1. The molecule has 0 radical (unpaired) electrons. The van der Waals surface area contributed by atoms with Crippen molar-refractivity contribution in [3.8, 4) is 11.5 Å². The first-order chi connectivity index (χ1) is 15.4. The molecule has 3 aromatic carbocycles. The van der Waals surface area contributed by atoms with E-state index in [4.69, 9.17) is 9.47 Å². The lowest BCUT2D eigenvalue weighted by molar-refractivity contribution is 0.0729. The van der Waals surface area contributed by atoms with Crippen LogP contribution in [0.3, 0.4) is 0 Å². The lowest BCUT2D eigenvalue weighted by atomic mass is 10.1. The highest BCUT2D eigenvalue weighted by molar-refractivity contribution is 7.89. The van der Waals surface area contributed by atoms with Crippen LogP contribution in [0.25, 0.3) is 0 Å². The largest absolute Gasteiger partial charge is 0.457 e. The second-order valence-electron chi connectivity index (χ2n) is 7.03. The van der Waals surface area contributed by atoms with Crippen molar-refractivity contribution in [2.45, 2.75) is 4.90 Å². The number of carbonyl (C=O) groups is 1. The van der Waals surface area contributed by atoms with Gasteiger partial charge in [0.25, 0.3) is 5.91 Å². The summed E-state index contributed by atoms with van der Waals surface area (Å²) in [5.41, 5.74) is 0.399. The van der Waals surface area contributed by atoms with Gasteiger partial charge in [-0.1, -0.05) is 30.3 Å². The second-order valence-corrected chi connectivity index (χ2v) is 8.93. The summed E-state index contributed by atoms with van der Waals surface area (Å²) in [6, 6.07) is 19.1. The van der Waals surface area contributed by atoms with Crippen LogP contribution < -0.4 is 10.1 Å².